The van der Waals surface area contributed by atoms with Crippen molar-refractivity contribution >= 4 is 12.1 Å². The van der Waals surface area contributed by atoms with Crippen LogP contribution >= 0.6 is 0 Å². The summed E-state index contributed by atoms with van der Waals surface area (Å²) in [5.74, 6) is -2.87. The van der Waals surface area contributed by atoms with Crippen molar-refractivity contribution in [3.05, 3.63) is 131 Å². The summed E-state index contributed by atoms with van der Waals surface area (Å²) < 4.78 is 51.3. The number of rotatable bonds is 6. The predicted octanol–water partition coefficient (Wildman–Crippen LogP) is 5.97. The molecule has 0 aliphatic rings. The van der Waals surface area contributed by atoms with Gasteiger partial charge in [-0.15, -0.1) is 35.4 Å². The second-order valence-electron chi connectivity index (χ2n) is 8.97. The van der Waals surface area contributed by atoms with Crippen molar-refractivity contribution < 1.29 is 48.9 Å². The van der Waals surface area contributed by atoms with Crippen molar-refractivity contribution in [2.24, 2.45) is 0 Å². The van der Waals surface area contributed by atoms with Gasteiger partial charge in [0.25, 0.3) is 0 Å². The summed E-state index contributed by atoms with van der Waals surface area (Å²) in [6, 6.07) is 28.4. The molecule has 0 aliphatic carbocycles. The largest absolute Gasteiger partial charge is 4.00 e. The Hall–Kier alpha value is -3.89. The Labute approximate surface area is 266 Å². The van der Waals surface area contributed by atoms with Gasteiger partial charge in [0.1, 0.15) is 0 Å². The Morgan fingerprint density at radius 3 is 1.21 bits per heavy atom. The number of halogens is 4. The van der Waals surface area contributed by atoms with Crippen LogP contribution in [0.2, 0.25) is 0 Å². The number of hydrogen-bond acceptors (Lipinski definition) is 2. The van der Waals surface area contributed by atoms with Crippen molar-refractivity contribution in [2.75, 3.05) is 41.3 Å². The zero-order chi connectivity index (χ0) is 31.3. The molecular weight excluding hydrogens is 596 g/mol. The van der Waals surface area contributed by atoms with Gasteiger partial charge >= 0.3 is 33.8 Å². The van der Waals surface area contributed by atoms with E-state index in [-0.39, 0.29) is 33.8 Å². The molecule has 0 heterocycles. The molecule has 0 fully saturated rings. The Kier molecular flexibility index (Phi) is 20.6. The van der Waals surface area contributed by atoms with E-state index in [0.29, 0.717) is 37.1 Å². The van der Waals surface area contributed by atoms with E-state index in [1.165, 1.54) is 21.9 Å². The summed E-state index contributed by atoms with van der Waals surface area (Å²) in [6.45, 7) is 0.598. The van der Waals surface area contributed by atoms with E-state index in [4.69, 9.17) is 0 Å². The van der Waals surface area contributed by atoms with Gasteiger partial charge in [-0.05, 0) is 0 Å². The van der Waals surface area contributed by atoms with Crippen LogP contribution in [0.1, 0.15) is 11.1 Å². The van der Waals surface area contributed by atoms with Crippen LogP contribution in [0.5, 0.6) is 0 Å². The molecule has 0 saturated carbocycles. The molecule has 0 aliphatic heterocycles. The van der Waals surface area contributed by atoms with E-state index in [2.05, 4.69) is 10.6 Å². The zero-order valence-corrected chi connectivity index (χ0v) is 26.2. The van der Waals surface area contributed by atoms with E-state index in [1.807, 2.05) is 72.8 Å². The Balaban J connectivity index is 0.000000608. The van der Waals surface area contributed by atoms with Crippen LogP contribution in [0, 0.1) is 35.4 Å². The van der Waals surface area contributed by atoms with Crippen LogP contribution < -0.4 is 10.6 Å². The molecule has 0 saturated heterocycles. The van der Waals surface area contributed by atoms with Gasteiger partial charge in [0.15, 0.2) is 0 Å². The summed E-state index contributed by atoms with van der Waals surface area (Å²) in [5.41, 5.74) is 0.668. The van der Waals surface area contributed by atoms with Crippen molar-refractivity contribution in [3.8, 4) is 0 Å². The molecule has 0 spiro atoms. The maximum Gasteiger partial charge on any atom is 4.00 e. The van der Waals surface area contributed by atoms with Gasteiger partial charge in [-0.1, -0.05) is 12.8 Å². The molecule has 0 atom stereocenters. The third-order valence-electron chi connectivity index (χ3n) is 5.15. The maximum absolute atomic E-state index is 13.1. The third-order valence-corrected chi connectivity index (χ3v) is 5.15. The van der Waals surface area contributed by atoms with Gasteiger partial charge in [0.05, 0.1) is 0 Å². The number of carbonyl (C=O) groups is 2. The molecule has 0 bridgehead atoms. The number of urea groups is 2. The molecule has 4 aromatic carbocycles. The average molecular weight is 633 g/mol. The molecule has 4 rings (SSSR count). The molecular formula is C32H36F4N4O2Ti. The van der Waals surface area contributed by atoms with Gasteiger partial charge in [-0.2, -0.15) is 48.5 Å². The number of hydrogen-bond donors (Lipinski definition) is 2. The maximum atomic E-state index is 13.1. The Bertz CT molecular complexity index is 1150. The fourth-order valence-electron chi connectivity index (χ4n) is 2.90. The van der Waals surface area contributed by atoms with Gasteiger partial charge < -0.3 is 20.4 Å². The van der Waals surface area contributed by atoms with E-state index in [1.54, 1.807) is 28.2 Å². The first-order valence-corrected chi connectivity index (χ1v) is 13.0. The summed E-state index contributed by atoms with van der Waals surface area (Å²) >= 11 is 0. The average Bonchev–Trinajstić information content (AvgIpc) is 3.71. The summed E-state index contributed by atoms with van der Waals surface area (Å²) in [4.78, 5) is 25.0. The van der Waals surface area contributed by atoms with Gasteiger partial charge in [-0.3, -0.25) is 0 Å². The molecule has 228 valence electrons. The molecule has 0 unspecified atom stereocenters. The van der Waals surface area contributed by atoms with Crippen LogP contribution in [0.4, 0.5) is 27.2 Å². The normalized spacial score (nSPS) is 9.30. The van der Waals surface area contributed by atoms with Crippen LogP contribution in [0.15, 0.2) is 84.9 Å². The number of nitrogens with zero attached hydrogens (tertiary/aromatic N) is 2. The summed E-state index contributed by atoms with van der Waals surface area (Å²) in [6.07, 6.45) is 0.615. The van der Waals surface area contributed by atoms with E-state index in [0.717, 1.165) is 12.1 Å². The minimum Gasteiger partial charge on any atom is -0.339 e. The number of nitrogens with one attached hydrogen (secondary N) is 2. The van der Waals surface area contributed by atoms with Crippen LogP contribution in [-0.4, -0.2) is 63.1 Å². The third kappa shape index (κ3) is 18.3. The number of amides is 4. The molecule has 43 heavy (non-hydrogen) atoms. The Morgan fingerprint density at radius 2 is 0.977 bits per heavy atom. The van der Waals surface area contributed by atoms with Gasteiger partial charge in [0.2, 0.25) is 0 Å². The smallest absolute Gasteiger partial charge is 0.339 e. The van der Waals surface area contributed by atoms with Crippen molar-refractivity contribution in [1.82, 2.24) is 20.4 Å². The van der Waals surface area contributed by atoms with Crippen molar-refractivity contribution in [1.29, 1.82) is 0 Å². The van der Waals surface area contributed by atoms with Crippen molar-refractivity contribution in [3.63, 3.8) is 0 Å². The molecule has 6 nitrogen and oxygen atoms in total. The summed E-state index contributed by atoms with van der Waals surface area (Å²) in [7, 11) is 6.45. The first-order chi connectivity index (χ1) is 20.0. The monoisotopic (exact) mass is 632 g/mol. The molecule has 4 amide bonds. The molecule has 11 heteroatoms. The minimum atomic E-state index is -0.724. The number of carbonyl (C=O) groups excluding carboxylic acids is 2. The fraction of sp³-hybridized carbons (Fsp3) is 0.250. The zero-order valence-electron chi connectivity index (χ0n) is 24.6. The first kappa shape index (κ1) is 39.1. The molecule has 4 aromatic rings. The molecule has 0 aromatic heterocycles. The predicted molar refractivity (Wildman–Crippen MR) is 156 cm³/mol. The second-order valence-corrected chi connectivity index (χ2v) is 8.97. The summed E-state index contributed by atoms with van der Waals surface area (Å²) in [5, 5.41) is 5.17. The van der Waals surface area contributed by atoms with Crippen LogP contribution in [-0.2, 0) is 34.6 Å². The SMILES string of the molecule is CN(C)C(=O)NCCc1ccc(F)[c-]c1F.CN(C)C(=O)NCCc1ccc(F)[c-]c1F.[Ti+4].c1cc[cH-]c1.c1cc[cH-]c1. The van der Waals surface area contributed by atoms with E-state index in [9.17, 15) is 27.2 Å². The van der Waals surface area contributed by atoms with Crippen molar-refractivity contribution in [2.45, 2.75) is 12.8 Å². The molecule has 2 N–H and O–H groups in total. The van der Waals surface area contributed by atoms with Crippen LogP contribution in [0.25, 0.3) is 0 Å². The van der Waals surface area contributed by atoms with E-state index < -0.39 is 23.3 Å². The standard InChI is InChI=1S/2C11H13F2N2O.2C5H5.Ti/c2*1-15(2)11(16)14-6-5-8-3-4-9(12)7-10(8)13;2*1-2-4-5-3-1;/h2*3-4H,5-6H2,1-2H3,(H,14,16);2*1-5H;/q4*-1;+4. The quantitative estimate of drug-likeness (QED) is 0.157. The Morgan fingerprint density at radius 1 is 0.651 bits per heavy atom. The topological polar surface area (TPSA) is 64.7 Å². The van der Waals surface area contributed by atoms with Gasteiger partial charge in [-0.25, -0.2) is 51.4 Å². The van der Waals surface area contributed by atoms with Gasteiger partial charge in [0, 0.05) is 64.5 Å². The number of benzene rings is 2. The molecule has 0 radical (unpaired) electrons. The minimum absolute atomic E-state index is 0. The first-order valence-electron chi connectivity index (χ1n) is 13.0. The second kappa shape index (κ2) is 22.7. The fourth-order valence-corrected chi connectivity index (χ4v) is 2.90. The van der Waals surface area contributed by atoms with Crippen LogP contribution in [0.3, 0.4) is 0 Å². The van der Waals surface area contributed by atoms with E-state index >= 15 is 0 Å².